The minimum atomic E-state index is 0.165. The summed E-state index contributed by atoms with van der Waals surface area (Å²) in [6.07, 6.45) is 3.44. The van der Waals surface area contributed by atoms with Crippen LogP contribution in [-0.4, -0.2) is 45.9 Å². The normalized spacial score (nSPS) is 21.2. The highest BCUT2D eigenvalue weighted by Crippen LogP contribution is 2.33. The van der Waals surface area contributed by atoms with Gasteiger partial charge in [0.25, 0.3) is 0 Å². The first-order valence-corrected chi connectivity index (χ1v) is 9.45. The van der Waals surface area contributed by atoms with Crippen LogP contribution in [0.5, 0.6) is 0 Å². The summed E-state index contributed by atoms with van der Waals surface area (Å²) in [5.41, 5.74) is 2.56. The average molecular weight is 348 g/mol. The van der Waals surface area contributed by atoms with E-state index in [9.17, 15) is 0 Å². The van der Waals surface area contributed by atoms with Crippen molar-refractivity contribution in [3.8, 4) is 0 Å². The first-order valence-electron chi connectivity index (χ1n) is 9.45. The maximum Gasteiger partial charge on any atom is 0.190 e. The van der Waals surface area contributed by atoms with Crippen molar-refractivity contribution in [2.75, 3.05) is 40.0 Å². The van der Waals surface area contributed by atoms with Crippen molar-refractivity contribution in [2.24, 2.45) is 10.9 Å². The molecule has 1 aromatic rings. The minimum Gasteiger partial charge on any atom is -0.382 e. The third-order valence-corrected chi connectivity index (χ3v) is 4.57. The Bertz CT molecular complexity index is 516. The molecule has 1 heterocycles. The third-order valence-electron chi connectivity index (χ3n) is 4.57. The molecule has 0 spiro atoms. The molecule has 1 aromatic carbocycles. The molecular formula is C20H33N3O2. The lowest BCUT2D eigenvalue weighted by atomic mass is 9.89. The number of benzene rings is 1. The van der Waals surface area contributed by atoms with Crippen molar-refractivity contribution in [1.82, 2.24) is 10.6 Å². The molecule has 0 amide bonds. The lowest BCUT2D eigenvalue weighted by molar-refractivity contribution is -0.0265. The molecule has 0 saturated carbocycles. The van der Waals surface area contributed by atoms with E-state index in [0.29, 0.717) is 5.92 Å². The largest absolute Gasteiger partial charge is 0.382 e. The van der Waals surface area contributed by atoms with Crippen LogP contribution < -0.4 is 10.6 Å². The van der Waals surface area contributed by atoms with Gasteiger partial charge in [-0.3, -0.25) is 4.99 Å². The van der Waals surface area contributed by atoms with Crippen LogP contribution in [0.4, 0.5) is 0 Å². The first kappa shape index (κ1) is 19.7. The Morgan fingerprint density at radius 3 is 2.80 bits per heavy atom. The average Bonchev–Trinajstić information content (AvgIpc) is 2.65. The van der Waals surface area contributed by atoms with Gasteiger partial charge in [0.2, 0.25) is 0 Å². The van der Waals surface area contributed by atoms with Gasteiger partial charge in [0.05, 0.1) is 6.10 Å². The monoisotopic (exact) mass is 347 g/mol. The maximum atomic E-state index is 6.09. The molecule has 2 atom stereocenters. The summed E-state index contributed by atoms with van der Waals surface area (Å²) in [6.45, 7) is 8.27. The molecule has 1 saturated heterocycles. The second-order valence-electron chi connectivity index (χ2n) is 6.53. The van der Waals surface area contributed by atoms with E-state index in [4.69, 9.17) is 9.47 Å². The second kappa shape index (κ2) is 11.1. The van der Waals surface area contributed by atoms with E-state index in [0.717, 1.165) is 51.7 Å². The van der Waals surface area contributed by atoms with E-state index in [1.807, 2.05) is 14.0 Å². The highest BCUT2D eigenvalue weighted by atomic mass is 16.5. The number of hydrogen-bond donors (Lipinski definition) is 2. The number of hydrogen-bond acceptors (Lipinski definition) is 3. The fourth-order valence-electron chi connectivity index (χ4n) is 3.15. The van der Waals surface area contributed by atoms with Gasteiger partial charge in [0, 0.05) is 45.9 Å². The number of guanidine groups is 1. The van der Waals surface area contributed by atoms with Gasteiger partial charge >= 0.3 is 0 Å². The van der Waals surface area contributed by atoms with E-state index < -0.39 is 0 Å². The van der Waals surface area contributed by atoms with Gasteiger partial charge in [-0.15, -0.1) is 0 Å². The smallest absolute Gasteiger partial charge is 0.190 e. The van der Waals surface area contributed by atoms with Gasteiger partial charge in [0.15, 0.2) is 5.96 Å². The predicted molar refractivity (Wildman–Crippen MR) is 103 cm³/mol. The molecule has 2 unspecified atom stereocenters. The Balaban J connectivity index is 1.82. The Labute approximate surface area is 152 Å². The van der Waals surface area contributed by atoms with Crippen molar-refractivity contribution in [1.29, 1.82) is 0 Å². The van der Waals surface area contributed by atoms with Crippen LogP contribution in [0.3, 0.4) is 0 Å². The van der Waals surface area contributed by atoms with Crippen molar-refractivity contribution >= 4 is 5.96 Å². The Hall–Kier alpha value is -1.59. The van der Waals surface area contributed by atoms with E-state index in [1.54, 1.807) is 0 Å². The summed E-state index contributed by atoms with van der Waals surface area (Å²) < 4.78 is 11.4. The molecule has 1 aliphatic heterocycles. The van der Waals surface area contributed by atoms with Crippen molar-refractivity contribution < 1.29 is 9.47 Å². The highest BCUT2D eigenvalue weighted by molar-refractivity contribution is 5.79. The topological polar surface area (TPSA) is 54.9 Å². The van der Waals surface area contributed by atoms with Crippen LogP contribution in [-0.2, 0) is 9.47 Å². The quantitative estimate of drug-likeness (QED) is 0.431. The molecule has 1 aliphatic rings. The van der Waals surface area contributed by atoms with Gasteiger partial charge in [-0.1, -0.05) is 29.8 Å². The van der Waals surface area contributed by atoms with Gasteiger partial charge in [-0.25, -0.2) is 0 Å². The highest BCUT2D eigenvalue weighted by Gasteiger charge is 2.27. The van der Waals surface area contributed by atoms with Gasteiger partial charge < -0.3 is 20.1 Å². The SMILES string of the molecule is CCOCCCNC(=NC)NCC1CCCOC1c1ccc(C)cc1. The molecule has 140 valence electrons. The molecule has 0 bridgehead atoms. The lowest BCUT2D eigenvalue weighted by Gasteiger charge is -2.32. The van der Waals surface area contributed by atoms with E-state index in [-0.39, 0.29) is 6.10 Å². The summed E-state index contributed by atoms with van der Waals surface area (Å²) in [7, 11) is 1.81. The number of aryl methyl sites for hydroxylation is 1. The molecular weight excluding hydrogens is 314 g/mol. The number of nitrogens with zero attached hydrogens (tertiary/aromatic N) is 1. The van der Waals surface area contributed by atoms with Crippen LogP contribution >= 0.6 is 0 Å². The van der Waals surface area contributed by atoms with Crippen molar-refractivity contribution in [2.45, 2.75) is 39.2 Å². The van der Waals surface area contributed by atoms with E-state index >= 15 is 0 Å². The zero-order chi connectivity index (χ0) is 17.9. The van der Waals surface area contributed by atoms with Crippen LogP contribution in [0.2, 0.25) is 0 Å². The molecule has 5 heteroatoms. The van der Waals surface area contributed by atoms with Crippen LogP contribution in [0.1, 0.15) is 43.4 Å². The van der Waals surface area contributed by atoms with Crippen LogP contribution in [0, 0.1) is 12.8 Å². The van der Waals surface area contributed by atoms with Gasteiger partial charge in [0.1, 0.15) is 0 Å². The molecule has 2 N–H and O–H groups in total. The fraction of sp³-hybridized carbons (Fsp3) is 0.650. The van der Waals surface area contributed by atoms with Crippen LogP contribution in [0.25, 0.3) is 0 Å². The second-order valence-corrected chi connectivity index (χ2v) is 6.53. The summed E-state index contributed by atoms with van der Waals surface area (Å²) in [5, 5.41) is 6.81. The molecule has 0 aromatic heterocycles. The van der Waals surface area contributed by atoms with Gasteiger partial charge in [-0.2, -0.15) is 0 Å². The Kier molecular flexibility index (Phi) is 8.77. The predicted octanol–water partition coefficient (Wildman–Crippen LogP) is 3.05. The molecule has 2 rings (SSSR count). The number of ether oxygens (including phenoxy) is 2. The molecule has 25 heavy (non-hydrogen) atoms. The summed E-state index contributed by atoms with van der Waals surface area (Å²) in [5.74, 6) is 1.31. The zero-order valence-corrected chi connectivity index (χ0v) is 15.9. The number of nitrogens with one attached hydrogen (secondary N) is 2. The molecule has 0 aliphatic carbocycles. The van der Waals surface area contributed by atoms with Gasteiger partial charge in [-0.05, 0) is 38.7 Å². The molecule has 0 radical (unpaired) electrons. The van der Waals surface area contributed by atoms with Crippen molar-refractivity contribution in [3.63, 3.8) is 0 Å². The first-order chi connectivity index (χ1) is 12.2. The Morgan fingerprint density at radius 1 is 1.28 bits per heavy atom. The van der Waals surface area contributed by atoms with Crippen molar-refractivity contribution in [3.05, 3.63) is 35.4 Å². The summed E-state index contributed by atoms with van der Waals surface area (Å²) in [4.78, 5) is 4.31. The third kappa shape index (κ3) is 6.67. The summed E-state index contributed by atoms with van der Waals surface area (Å²) in [6, 6.07) is 8.71. The molecule has 5 nitrogen and oxygen atoms in total. The summed E-state index contributed by atoms with van der Waals surface area (Å²) >= 11 is 0. The number of aliphatic imine (C=N–C) groups is 1. The number of rotatable bonds is 8. The Morgan fingerprint density at radius 2 is 2.08 bits per heavy atom. The molecule has 1 fully saturated rings. The van der Waals surface area contributed by atoms with E-state index in [1.165, 1.54) is 17.5 Å². The standard InChI is InChI=1S/C20H33N3O2/c1-4-24-13-6-12-22-20(21-3)23-15-18-7-5-14-25-19(18)17-10-8-16(2)9-11-17/h8-11,18-19H,4-7,12-15H2,1-3H3,(H2,21,22,23). The van der Waals surface area contributed by atoms with E-state index in [2.05, 4.69) is 46.8 Å². The fourth-order valence-corrected chi connectivity index (χ4v) is 3.15. The lowest BCUT2D eigenvalue weighted by Crippen LogP contribution is -2.42. The zero-order valence-electron chi connectivity index (χ0n) is 15.9. The maximum absolute atomic E-state index is 6.09. The minimum absolute atomic E-state index is 0.165. The van der Waals surface area contributed by atoms with Crippen LogP contribution in [0.15, 0.2) is 29.3 Å².